The number of hydrogen-bond acceptors (Lipinski definition) is 14. The third kappa shape index (κ3) is 9.98. The van der Waals surface area contributed by atoms with Crippen LogP contribution in [-0.2, 0) is 22.6 Å². The van der Waals surface area contributed by atoms with Crippen molar-refractivity contribution in [2.24, 2.45) is 22.7 Å². The van der Waals surface area contributed by atoms with Crippen molar-refractivity contribution in [1.29, 1.82) is 0 Å². The SMILES string of the molecule is COc1cc(C2=CC(C)C3OCC(CCCCC(=O)c4nc5n(n4)CCO[C@H]5c4ccccc4)C(=S)N(C)C3=N2)ccc1Cn1cnc(C(=O)CCCC2COc3cccnc3N(C)C2=S)n1. The highest BCUT2D eigenvalue weighted by molar-refractivity contribution is 7.80. The number of thiocarbonyl (C=S) groups is 2. The second-order valence-corrected chi connectivity index (χ2v) is 18.3. The van der Waals surface area contributed by atoms with E-state index in [1.807, 2.05) is 84.6 Å². The van der Waals surface area contributed by atoms with Crippen molar-refractivity contribution in [2.75, 3.05) is 45.9 Å². The number of hydrogen-bond donors (Lipinski definition) is 0. The number of carbonyl (C=O) groups excluding carboxylic acids is 2. The number of pyridine rings is 1. The molecule has 5 aromatic rings. The van der Waals surface area contributed by atoms with Crippen LogP contribution in [-0.4, -0.2) is 114 Å². The van der Waals surface area contributed by atoms with Crippen molar-refractivity contribution in [3.8, 4) is 11.5 Å². The first-order chi connectivity index (χ1) is 32.6. The molecule has 0 aliphatic carbocycles. The summed E-state index contributed by atoms with van der Waals surface area (Å²) in [5.41, 5.74) is 3.55. The van der Waals surface area contributed by atoms with Gasteiger partial charge in [-0.3, -0.25) is 9.59 Å². The summed E-state index contributed by atoms with van der Waals surface area (Å²) in [7, 11) is 5.50. The fraction of sp³-hybridized carbons (Fsp3) is 0.429. The van der Waals surface area contributed by atoms with Gasteiger partial charge in [0.15, 0.2) is 17.4 Å². The predicted octanol–water partition coefficient (Wildman–Crippen LogP) is 7.37. The van der Waals surface area contributed by atoms with Gasteiger partial charge in [-0.25, -0.2) is 29.3 Å². The summed E-state index contributed by atoms with van der Waals surface area (Å²) in [6.45, 7) is 4.47. The molecule has 5 atom stereocenters. The molecule has 9 rings (SSSR count). The van der Waals surface area contributed by atoms with E-state index < -0.39 is 0 Å². The van der Waals surface area contributed by atoms with E-state index >= 15 is 0 Å². The number of Topliss-reactive ketones (excluding diaryl/α,β-unsaturated/α-hetero) is 2. The van der Waals surface area contributed by atoms with E-state index in [0.717, 1.165) is 51.0 Å². The third-order valence-corrected chi connectivity index (χ3v) is 14.0. The zero-order valence-electron chi connectivity index (χ0n) is 38.1. The summed E-state index contributed by atoms with van der Waals surface area (Å²) in [6, 6.07) is 19.6. The smallest absolute Gasteiger partial charge is 0.217 e. The molecule has 4 unspecified atom stereocenters. The van der Waals surface area contributed by atoms with Crippen molar-refractivity contribution in [2.45, 2.75) is 77.2 Å². The Morgan fingerprint density at radius 3 is 2.46 bits per heavy atom. The summed E-state index contributed by atoms with van der Waals surface area (Å²) in [5.74, 6) is 3.70. The van der Waals surface area contributed by atoms with Gasteiger partial charge in [-0.1, -0.05) is 86.3 Å². The number of nitrogens with zero attached hydrogens (tertiary/aromatic N) is 10. The molecule has 0 radical (unpaired) electrons. The largest absolute Gasteiger partial charge is 0.496 e. The fourth-order valence-electron chi connectivity index (χ4n) is 9.08. The van der Waals surface area contributed by atoms with Crippen molar-refractivity contribution in [1.82, 2.24) is 39.4 Å². The quantitative estimate of drug-likeness (QED) is 0.0547. The molecule has 348 valence electrons. The van der Waals surface area contributed by atoms with Gasteiger partial charge in [0.2, 0.25) is 23.2 Å². The zero-order valence-corrected chi connectivity index (χ0v) is 39.7. The van der Waals surface area contributed by atoms with E-state index in [1.54, 1.807) is 29.0 Å². The number of amidine groups is 1. The van der Waals surface area contributed by atoms with E-state index in [0.29, 0.717) is 88.2 Å². The van der Waals surface area contributed by atoms with E-state index in [1.165, 1.54) is 0 Å². The van der Waals surface area contributed by atoms with Crippen molar-refractivity contribution in [3.05, 3.63) is 113 Å². The first-order valence-electron chi connectivity index (χ1n) is 22.9. The van der Waals surface area contributed by atoms with Crippen molar-refractivity contribution < 1.29 is 28.5 Å². The van der Waals surface area contributed by atoms with Crippen LogP contribution in [0.3, 0.4) is 0 Å². The molecule has 0 spiro atoms. The molecule has 2 aromatic carbocycles. The average molecular weight is 943 g/mol. The van der Waals surface area contributed by atoms with E-state index in [4.69, 9.17) is 48.4 Å². The Bertz CT molecular complexity index is 2720. The summed E-state index contributed by atoms with van der Waals surface area (Å²) < 4.78 is 27.9. The number of carbonyl (C=O) groups is 2. The number of aromatic nitrogens is 7. The molecule has 1 saturated heterocycles. The molecule has 0 amide bonds. The Morgan fingerprint density at radius 1 is 0.851 bits per heavy atom. The predicted molar refractivity (Wildman–Crippen MR) is 260 cm³/mol. The van der Waals surface area contributed by atoms with Gasteiger partial charge in [-0.05, 0) is 49.4 Å². The van der Waals surface area contributed by atoms with Gasteiger partial charge in [-0.15, -0.1) is 10.2 Å². The van der Waals surface area contributed by atoms with Crippen LogP contribution in [0.2, 0.25) is 0 Å². The second-order valence-electron chi connectivity index (χ2n) is 17.4. The highest BCUT2D eigenvalue weighted by Crippen LogP contribution is 2.35. The van der Waals surface area contributed by atoms with Crippen LogP contribution in [0, 0.1) is 17.8 Å². The maximum Gasteiger partial charge on any atom is 0.217 e. The molecule has 0 bridgehead atoms. The molecule has 0 saturated carbocycles. The zero-order chi connectivity index (χ0) is 46.6. The van der Waals surface area contributed by atoms with E-state index in [9.17, 15) is 9.59 Å². The summed E-state index contributed by atoms with van der Waals surface area (Å²) in [6.07, 6.45) is 9.03. The highest BCUT2D eigenvalue weighted by atomic mass is 32.1. The standard InChI is InChI=1S/C49H54N10O6S2/c1-30-24-36(32-19-20-33(40(25-32)62-4)26-58-29-51-43(54-58)37(60)17-10-15-35-27-64-39-18-11-21-50-45(39)56(2)48(35)66)52-46-41(30)65-28-34(49(67)57(46)3)14-8-9-16-38(61)44-53-47-42(31-12-6-5-7-13-31)63-23-22-59(47)55-44/h5-7,11-13,18-21,24-25,29-30,34-35,41-42H,8-10,14-17,22-23,26-28H2,1-4H3/t30?,34?,35?,41?,42-/m0/s1. The Labute approximate surface area is 400 Å². The first kappa shape index (κ1) is 46.0. The van der Waals surface area contributed by atoms with E-state index in [-0.39, 0.29) is 53.2 Å². The summed E-state index contributed by atoms with van der Waals surface area (Å²) in [5, 5.41) is 9.07. The molecule has 3 aromatic heterocycles. The van der Waals surface area contributed by atoms with Gasteiger partial charge in [0, 0.05) is 62.0 Å². The maximum atomic E-state index is 13.3. The number of likely N-dealkylation sites (N-methyl/N-ethyl adjacent to an activating group) is 1. The lowest BCUT2D eigenvalue weighted by Crippen LogP contribution is -2.43. The molecule has 67 heavy (non-hydrogen) atoms. The number of ketones is 2. The van der Waals surface area contributed by atoms with E-state index in [2.05, 4.69) is 38.1 Å². The van der Waals surface area contributed by atoms with Crippen LogP contribution in [0.1, 0.15) is 102 Å². The van der Waals surface area contributed by atoms with Gasteiger partial charge in [0.05, 0.1) is 55.7 Å². The molecular formula is C49H54N10O6S2. The van der Waals surface area contributed by atoms with Gasteiger partial charge < -0.3 is 28.7 Å². The van der Waals surface area contributed by atoms with Crippen LogP contribution < -0.4 is 14.4 Å². The number of ether oxygens (including phenoxy) is 4. The average Bonchev–Trinajstić information content (AvgIpc) is 3.97. The highest BCUT2D eigenvalue weighted by Gasteiger charge is 2.37. The molecule has 0 N–H and O–H groups in total. The minimum atomic E-state index is -0.341. The van der Waals surface area contributed by atoms with Gasteiger partial charge in [0.1, 0.15) is 30.1 Å². The molecule has 1 fully saturated rings. The maximum absolute atomic E-state index is 13.3. The van der Waals surface area contributed by atoms with Crippen LogP contribution in [0.25, 0.3) is 5.70 Å². The van der Waals surface area contributed by atoms with Gasteiger partial charge in [-0.2, -0.15) is 0 Å². The number of rotatable bonds is 16. The lowest BCUT2D eigenvalue weighted by Gasteiger charge is -2.31. The Morgan fingerprint density at radius 2 is 1.63 bits per heavy atom. The molecular weight excluding hydrogens is 889 g/mol. The minimum absolute atomic E-state index is 0.00718. The van der Waals surface area contributed by atoms with Crippen molar-refractivity contribution >= 4 is 63.3 Å². The molecule has 16 nitrogen and oxygen atoms in total. The van der Waals surface area contributed by atoms with Crippen LogP contribution >= 0.6 is 24.4 Å². The number of fused-ring (bicyclic) bond motifs is 3. The van der Waals surface area contributed by atoms with Crippen LogP contribution in [0.5, 0.6) is 11.5 Å². The Balaban J connectivity index is 0.773. The number of aliphatic imine (C=N–C) groups is 1. The van der Waals surface area contributed by atoms with Crippen LogP contribution in [0.4, 0.5) is 5.82 Å². The van der Waals surface area contributed by atoms with Gasteiger partial charge >= 0.3 is 0 Å². The molecule has 4 aliphatic heterocycles. The molecule has 18 heteroatoms. The lowest BCUT2D eigenvalue weighted by atomic mass is 9.96. The minimum Gasteiger partial charge on any atom is -0.496 e. The normalized spacial score (nSPS) is 21.5. The summed E-state index contributed by atoms with van der Waals surface area (Å²) in [4.78, 5) is 50.4. The van der Waals surface area contributed by atoms with Crippen LogP contribution in [0.15, 0.2) is 84.3 Å². The first-order valence-corrected chi connectivity index (χ1v) is 23.7. The van der Waals surface area contributed by atoms with Crippen molar-refractivity contribution in [3.63, 3.8) is 0 Å². The molecule has 4 aliphatic rings. The third-order valence-electron chi connectivity index (χ3n) is 12.8. The second kappa shape index (κ2) is 20.4. The number of anilines is 1. The topological polar surface area (TPSA) is 164 Å². The van der Waals surface area contributed by atoms with Gasteiger partial charge in [0.25, 0.3) is 0 Å². The fourth-order valence-corrected chi connectivity index (χ4v) is 9.63. The lowest BCUT2D eigenvalue weighted by molar-refractivity contribution is 0.0389. The molecule has 7 heterocycles. The number of benzene rings is 2. The number of methoxy groups -OCH3 is 1. The Kier molecular flexibility index (Phi) is 14.0. The Hall–Kier alpha value is -6.08. The summed E-state index contributed by atoms with van der Waals surface area (Å²) >= 11 is 11.8. The monoisotopic (exact) mass is 942 g/mol. The number of unbranched alkanes of at least 4 members (excludes halogenated alkanes) is 1.